The van der Waals surface area contributed by atoms with Gasteiger partial charge in [0.1, 0.15) is 11.5 Å². The van der Waals surface area contributed by atoms with E-state index in [1.54, 1.807) is 44.6 Å². The molecule has 0 aliphatic carbocycles. The predicted molar refractivity (Wildman–Crippen MR) is 124 cm³/mol. The van der Waals surface area contributed by atoms with Gasteiger partial charge in [-0.3, -0.25) is 9.80 Å². The van der Waals surface area contributed by atoms with E-state index in [1.807, 2.05) is 59.6 Å². The van der Waals surface area contributed by atoms with Gasteiger partial charge in [0.05, 0.1) is 25.6 Å². The molecule has 31 heavy (non-hydrogen) atoms. The molecule has 5 heteroatoms. The highest BCUT2D eigenvalue weighted by Gasteiger charge is 2.17. The molecule has 0 saturated carbocycles. The van der Waals surface area contributed by atoms with Crippen LogP contribution >= 0.6 is 0 Å². The highest BCUT2D eigenvalue weighted by atomic mass is 16.5. The maximum Gasteiger partial charge on any atom is 0.185 e. The number of methoxy groups -OCH3 is 2. The lowest BCUT2D eigenvalue weighted by Crippen LogP contribution is -2.11. The van der Waals surface area contributed by atoms with Gasteiger partial charge in [0, 0.05) is 18.5 Å². The lowest BCUT2D eigenvalue weighted by Gasteiger charge is -2.13. The summed E-state index contributed by atoms with van der Waals surface area (Å²) in [5.74, 6) is 1.53. The largest absolute Gasteiger partial charge is 0.497 e. The third kappa shape index (κ3) is 4.83. The van der Waals surface area contributed by atoms with E-state index in [1.165, 1.54) is 0 Å². The Hall–Kier alpha value is -3.86. The van der Waals surface area contributed by atoms with Crippen LogP contribution in [0.1, 0.15) is 27.9 Å². The number of allylic oxidation sites excluding steroid dienone is 1. The van der Waals surface area contributed by atoms with Crippen LogP contribution in [0.25, 0.3) is 6.08 Å². The number of rotatable bonds is 7. The summed E-state index contributed by atoms with van der Waals surface area (Å²) in [6, 6.07) is 23.1. The van der Waals surface area contributed by atoms with Crippen LogP contribution in [-0.4, -0.2) is 32.3 Å². The van der Waals surface area contributed by atoms with Gasteiger partial charge in [-0.05, 0) is 77.9 Å². The number of carbonyl (C=O) groups is 1. The van der Waals surface area contributed by atoms with Crippen molar-refractivity contribution < 1.29 is 14.3 Å². The summed E-state index contributed by atoms with van der Waals surface area (Å²) in [6.45, 7) is 0.840. The van der Waals surface area contributed by atoms with E-state index >= 15 is 0 Å². The molecule has 0 fully saturated rings. The molecule has 4 rings (SSSR count). The van der Waals surface area contributed by atoms with Crippen molar-refractivity contribution in [1.82, 2.24) is 0 Å². The number of benzene rings is 3. The Kier molecular flexibility index (Phi) is 6.13. The minimum absolute atomic E-state index is 0.0417. The summed E-state index contributed by atoms with van der Waals surface area (Å²) < 4.78 is 10.3. The summed E-state index contributed by atoms with van der Waals surface area (Å²) in [6.07, 6.45) is 4.31. The quantitative estimate of drug-likeness (QED) is 0.395. The Balaban J connectivity index is 1.41. The second-order valence-electron chi connectivity index (χ2n) is 7.17. The first-order valence-corrected chi connectivity index (χ1v) is 10.1. The van der Waals surface area contributed by atoms with Gasteiger partial charge in [0.25, 0.3) is 0 Å². The topological polar surface area (TPSA) is 51.1 Å². The molecular weight excluding hydrogens is 388 g/mol. The number of hydrogen-bond acceptors (Lipinski definition) is 5. The maximum absolute atomic E-state index is 12.3. The summed E-state index contributed by atoms with van der Waals surface area (Å²) in [5.41, 5.74) is 4.80. The monoisotopic (exact) mass is 412 g/mol. The minimum Gasteiger partial charge on any atom is -0.497 e. The van der Waals surface area contributed by atoms with E-state index in [4.69, 9.17) is 14.6 Å². The van der Waals surface area contributed by atoms with E-state index in [2.05, 4.69) is 0 Å². The van der Waals surface area contributed by atoms with Crippen LogP contribution in [0, 0.1) is 0 Å². The zero-order valence-electron chi connectivity index (χ0n) is 17.6. The van der Waals surface area contributed by atoms with E-state index in [0.717, 1.165) is 47.0 Å². The Bertz CT molecular complexity index is 1100. The van der Waals surface area contributed by atoms with Gasteiger partial charge in [-0.1, -0.05) is 18.2 Å². The summed E-state index contributed by atoms with van der Waals surface area (Å²) in [7, 11) is 3.27. The predicted octanol–water partition coefficient (Wildman–Crippen LogP) is 5.21. The molecule has 156 valence electrons. The third-order valence-corrected chi connectivity index (χ3v) is 5.22. The van der Waals surface area contributed by atoms with Gasteiger partial charge in [-0.15, -0.1) is 0 Å². The molecule has 0 saturated heterocycles. The molecule has 1 aliphatic heterocycles. The zero-order chi connectivity index (χ0) is 21.6. The van der Waals surface area contributed by atoms with Crippen molar-refractivity contribution >= 4 is 23.3 Å². The maximum atomic E-state index is 12.3. The molecular formula is C26H24N2O3. The molecule has 0 unspecified atom stereocenters. The fraction of sp³-hybridized carbons (Fsp3) is 0.154. The number of hydrazone groups is 1. The fourth-order valence-corrected chi connectivity index (χ4v) is 3.41. The van der Waals surface area contributed by atoms with Crippen molar-refractivity contribution in [1.29, 1.82) is 0 Å². The van der Waals surface area contributed by atoms with Gasteiger partial charge in [-0.25, -0.2) is 0 Å². The molecule has 3 aromatic rings. The molecule has 0 radical (unpaired) electrons. The van der Waals surface area contributed by atoms with Crippen LogP contribution in [0.15, 0.2) is 84.0 Å². The molecule has 0 N–H and O–H groups in total. The standard InChI is InChI=1S/C26H24N2O3/c1-30-23-12-6-20(7-13-23)25-17-18-28(27-25)22-10-3-19(4-11-22)5-16-26(29)21-8-14-24(31-2)15-9-21/h3-16H,17-18H2,1-2H3/b16-5+. The average molecular weight is 412 g/mol. The first-order chi connectivity index (χ1) is 15.2. The van der Waals surface area contributed by atoms with Crippen LogP contribution in [0.3, 0.4) is 0 Å². The van der Waals surface area contributed by atoms with Crippen LogP contribution in [-0.2, 0) is 0 Å². The normalized spacial score (nSPS) is 13.4. The van der Waals surface area contributed by atoms with Crippen LogP contribution < -0.4 is 14.5 Å². The summed E-state index contributed by atoms with van der Waals surface area (Å²) in [5, 5.41) is 6.78. The molecule has 1 heterocycles. The molecule has 0 spiro atoms. The number of ether oxygens (including phenoxy) is 2. The first-order valence-electron chi connectivity index (χ1n) is 10.1. The SMILES string of the molecule is COc1ccc(C(=O)/C=C/c2ccc(N3CCC(c4ccc(OC)cc4)=N3)cc2)cc1. The van der Waals surface area contributed by atoms with Gasteiger partial charge in [0.2, 0.25) is 0 Å². The molecule has 3 aromatic carbocycles. The van der Waals surface area contributed by atoms with Crippen molar-refractivity contribution in [2.45, 2.75) is 6.42 Å². The number of anilines is 1. The first kappa shape index (κ1) is 20.4. The second-order valence-corrected chi connectivity index (χ2v) is 7.17. The van der Waals surface area contributed by atoms with Crippen LogP contribution in [0.2, 0.25) is 0 Å². The average Bonchev–Trinajstić information content (AvgIpc) is 3.33. The molecule has 1 aliphatic rings. The van der Waals surface area contributed by atoms with E-state index in [9.17, 15) is 4.79 Å². The fourth-order valence-electron chi connectivity index (χ4n) is 3.41. The lowest BCUT2D eigenvalue weighted by atomic mass is 10.1. The van der Waals surface area contributed by atoms with E-state index in [-0.39, 0.29) is 5.78 Å². The van der Waals surface area contributed by atoms with Crippen LogP contribution in [0.4, 0.5) is 5.69 Å². The summed E-state index contributed by atoms with van der Waals surface area (Å²) >= 11 is 0. The van der Waals surface area contributed by atoms with Crippen molar-refractivity contribution in [2.75, 3.05) is 25.8 Å². The minimum atomic E-state index is -0.0417. The molecule has 5 nitrogen and oxygen atoms in total. The van der Waals surface area contributed by atoms with Gasteiger partial charge in [0.15, 0.2) is 5.78 Å². The highest BCUT2D eigenvalue weighted by Crippen LogP contribution is 2.23. The molecule has 0 amide bonds. The Labute approximate surface area is 182 Å². The zero-order valence-corrected chi connectivity index (χ0v) is 17.6. The van der Waals surface area contributed by atoms with Gasteiger partial charge >= 0.3 is 0 Å². The number of carbonyl (C=O) groups excluding carboxylic acids is 1. The highest BCUT2D eigenvalue weighted by molar-refractivity contribution is 6.07. The lowest BCUT2D eigenvalue weighted by molar-refractivity contribution is 0.104. The van der Waals surface area contributed by atoms with E-state index < -0.39 is 0 Å². The number of hydrogen-bond donors (Lipinski definition) is 0. The van der Waals surface area contributed by atoms with Gasteiger partial charge in [-0.2, -0.15) is 5.10 Å². The van der Waals surface area contributed by atoms with Crippen LogP contribution in [0.5, 0.6) is 11.5 Å². The van der Waals surface area contributed by atoms with Crippen molar-refractivity contribution in [3.05, 3.63) is 95.6 Å². The third-order valence-electron chi connectivity index (χ3n) is 5.22. The Morgan fingerprint density at radius 2 is 1.48 bits per heavy atom. The van der Waals surface area contributed by atoms with Crippen molar-refractivity contribution in [3.63, 3.8) is 0 Å². The smallest absolute Gasteiger partial charge is 0.185 e. The number of ketones is 1. The second kappa shape index (κ2) is 9.30. The van der Waals surface area contributed by atoms with Crippen molar-refractivity contribution in [2.24, 2.45) is 5.10 Å². The number of nitrogens with zero attached hydrogens (tertiary/aromatic N) is 2. The Morgan fingerprint density at radius 1 is 0.871 bits per heavy atom. The van der Waals surface area contributed by atoms with Gasteiger partial charge < -0.3 is 9.47 Å². The molecule has 0 aromatic heterocycles. The Morgan fingerprint density at radius 3 is 2.10 bits per heavy atom. The molecule has 0 bridgehead atoms. The summed E-state index contributed by atoms with van der Waals surface area (Å²) in [4.78, 5) is 12.3. The van der Waals surface area contributed by atoms with E-state index in [0.29, 0.717) is 5.56 Å². The molecule has 0 atom stereocenters. The van der Waals surface area contributed by atoms with Crippen molar-refractivity contribution in [3.8, 4) is 11.5 Å².